The van der Waals surface area contributed by atoms with Crippen LogP contribution in [0.25, 0.3) is 11.4 Å². The number of nitrogens with two attached hydrogens (primary N) is 1. The lowest BCUT2D eigenvalue weighted by molar-refractivity contribution is 0.358. The van der Waals surface area contributed by atoms with Crippen LogP contribution in [0.1, 0.15) is 26.2 Å². The predicted molar refractivity (Wildman–Crippen MR) is 66.3 cm³/mol. The molecule has 0 amide bonds. The summed E-state index contributed by atoms with van der Waals surface area (Å²) < 4.78 is 5.20. The van der Waals surface area contributed by atoms with Crippen molar-refractivity contribution in [2.75, 3.05) is 0 Å². The Hall–Kier alpha value is -1.68. The largest absolute Gasteiger partial charge is 0.339 e. The van der Waals surface area contributed by atoms with Gasteiger partial charge in [-0.1, -0.05) is 35.5 Å². The molecule has 17 heavy (non-hydrogen) atoms. The van der Waals surface area contributed by atoms with Crippen LogP contribution in [0.3, 0.4) is 0 Å². The summed E-state index contributed by atoms with van der Waals surface area (Å²) in [5.41, 5.74) is 6.67. The first kappa shape index (κ1) is 11.8. The van der Waals surface area contributed by atoms with Gasteiger partial charge in [-0.25, -0.2) is 0 Å². The average Bonchev–Trinajstić information content (AvgIpc) is 2.75. The molecule has 4 heteroatoms. The van der Waals surface area contributed by atoms with Crippen molar-refractivity contribution >= 4 is 0 Å². The lowest BCUT2D eigenvalue weighted by atomic mass is 10.0. The molecule has 4 nitrogen and oxygen atoms in total. The van der Waals surface area contributed by atoms with Crippen molar-refractivity contribution in [1.29, 1.82) is 0 Å². The lowest BCUT2D eigenvalue weighted by Gasteiger charge is -2.16. The van der Waals surface area contributed by atoms with Gasteiger partial charge in [0.2, 0.25) is 11.7 Å². The van der Waals surface area contributed by atoms with E-state index in [0.29, 0.717) is 18.1 Å². The van der Waals surface area contributed by atoms with Gasteiger partial charge in [-0.15, -0.1) is 0 Å². The molecule has 0 spiro atoms. The minimum absolute atomic E-state index is 0.207. The summed E-state index contributed by atoms with van der Waals surface area (Å²) in [6.07, 6.45) is 1.53. The van der Waals surface area contributed by atoms with Crippen LogP contribution in [0.5, 0.6) is 0 Å². The summed E-state index contributed by atoms with van der Waals surface area (Å²) >= 11 is 0. The van der Waals surface area contributed by atoms with Crippen LogP contribution in [0.4, 0.5) is 0 Å². The monoisotopic (exact) mass is 231 g/mol. The fourth-order valence-electron chi connectivity index (χ4n) is 1.49. The van der Waals surface area contributed by atoms with Gasteiger partial charge in [0.25, 0.3) is 0 Å². The smallest absolute Gasteiger partial charge is 0.227 e. The minimum atomic E-state index is -0.207. The Morgan fingerprint density at radius 3 is 2.59 bits per heavy atom. The number of rotatable bonds is 4. The average molecular weight is 231 g/mol. The van der Waals surface area contributed by atoms with Crippen LogP contribution in [-0.2, 0) is 6.42 Å². The molecule has 0 fully saturated rings. The van der Waals surface area contributed by atoms with Gasteiger partial charge in [0.15, 0.2) is 0 Å². The lowest BCUT2D eigenvalue weighted by Crippen LogP contribution is -2.32. The van der Waals surface area contributed by atoms with Gasteiger partial charge in [0, 0.05) is 17.5 Å². The van der Waals surface area contributed by atoms with Crippen LogP contribution >= 0.6 is 0 Å². The Balaban J connectivity index is 2.07. The zero-order valence-electron chi connectivity index (χ0n) is 10.2. The molecular weight excluding hydrogens is 214 g/mol. The molecule has 0 saturated heterocycles. The number of benzene rings is 1. The number of hydrogen-bond donors (Lipinski definition) is 1. The van der Waals surface area contributed by atoms with Crippen molar-refractivity contribution < 1.29 is 4.52 Å². The van der Waals surface area contributed by atoms with E-state index >= 15 is 0 Å². The normalized spacial score (nSPS) is 11.7. The number of aryl methyl sites for hydroxylation is 1. The molecule has 0 unspecified atom stereocenters. The zero-order chi connectivity index (χ0) is 12.3. The minimum Gasteiger partial charge on any atom is -0.339 e. The van der Waals surface area contributed by atoms with E-state index in [1.54, 1.807) is 0 Å². The Morgan fingerprint density at radius 2 is 1.94 bits per heavy atom. The first-order valence-corrected chi connectivity index (χ1v) is 5.71. The topological polar surface area (TPSA) is 64.9 Å². The fraction of sp³-hybridized carbons (Fsp3) is 0.385. The maximum Gasteiger partial charge on any atom is 0.227 e. The highest BCUT2D eigenvalue weighted by molar-refractivity contribution is 5.53. The molecule has 0 aliphatic rings. The number of nitrogens with zero attached hydrogens (tertiary/aromatic N) is 2. The van der Waals surface area contributed by atoms with Gasteiger partial charge in [-0.05, 0) is 20.3 Å². The highest BCUT2D eigenvalue weighted by Crippen LogP contribution is 2.16. The summed E-state index contributed by atoms with van der Waals surface area (Å²) in [5, 5.41) is 3.96. The van der Waals surface area contributed by atoms with E-state index in [1.165, 1.54) is 0 Å². The van der Waals surface area contributed by atoms with E-state index in [9.17, 15) is 0 Å². The zero-order valence-corrected chi connectivity index (χ0v) is 10.2. The van der Waals surface area contributed by atoms with Crippen LogP contribution in [0.2, 0.25) is 0 Å². The second-order valence-electron chi connectivity index (χ2n) is 4.87. The second kappa shape index (κ2) is 4.67. The molecule has 1 aromatic carbocycles. The van der Waals surface area contributed by atoms with E-state index in [1.807, 2.05) is 44.2 Å². The number of hydrogen-bond acceptors (Lipinski definition) is 4. The Bertz CT molecular complexity index is 471. The van der Waals surface area contributed by atoms with Gasteiger partial charge < -0.3 is 10.3 Å². The maximum atomic E-state index is 5.91. The standard InChI is InChI=1S/C13H17N3O/c1-13(2,14)9-8-11-15-12(16-17-11)10-6-4-3-5-7-10/h3-7H,8-9,14H2,1-2H3. The Kier molecular flexibility index (Phi) is 3.24. The third-order valence-corrected chi connectivity index (χ3v) is 2.48. The van der Waals surface area contributed by atoms with Crippen LogP contribution in [0.15, 0.2) is 34.9 Å². The molecule has 90 valence electrons. The fourth-order valence-corrected chi connectivity index (χ4v) is 1.49. The van der Waals surface area contributed by atoms with Gasteiger partial charge in [-0.2, -0.15) is 4.98 Å². The molecule has 2 aromatic rings. The van der Waals surface area contributed by atoms with Crippen molar-refractivity contribution in [3.8, 4) is 11.4 Å². The van der Waals surface area contributed by atoms with Crippen molar-refractivity contribution in [2.45, 2.75) is 32.2 Å². The Morgan fingerprint density at radius 1 is 1.24 bits per heavy atom. The highest BCUT2D eigenvalue weighted by Gasteiger charge is 2.14. The predicted octanol–water partition coefficient (Wildman–Crippen LogP) is 2.41. The summed E-state index contributed by atoms with van der Waals surface area (Å²) in [6, 6.07) is 9.78. The molecule has 1 heterocycles. The first-order valence-electron chi connectivity index (χ1n) is 5.71. The second-order valence-corrected chi connectivity index (χ2v) is 4.87. The van der Waals surface area contributed by atoms with E-state index in [0.717, 1.165) is 12.0 Å². The molecule has 1 aromatic heterocycles. The molecule has 0 aliphatic heterocycles. The van der Waals surface area contributed by atoms with Gasteiger partial charge in [-0.3, -0.25) is 0 Å². The number of aromatic nitrogens is 2. The summed E-state index contributed by atoms with van der Waals surface area (Å²) in [6.45, 7) is 3.98. The molecule has 0 radical (unpaired) electrons. The third-order valence-electron chi connectivity index (χ3n) is 2.48. The van der Waals surface area contributed by atoms with Gasteiger partial charge >= 0.3 is 0 Å². The third kappa shape index (κ3) is 3.39. The van der Waals surface area contributed by atoms with E-state index < -0.39 is 0 Å². The summed E-state index contributed by atoms with van der Waals surface area (Å²) in [7, 11) is 0. The van der Waals surface area contributed by atoms with E-state index in [-0.39, 0.29) is 5.54 Å². The van der Waals surface area contributed by atoms with Crippen LogP contribution in [-0.4, -0.2) is 15.7 Å². The quantitative estimate of drug-likeness (QED) is 0.877. The molecule has 0 atom stereocenters. The molecular formula is C13H17N3O. The van der Waals surface area contributed by atoms with Crippen LogP contribution in [0, 0.1) is 0 Å². The summed E-state index contributed by atoms with van der Waals surface area (Å²) in [5.74, 6) is 1.28. The van der Waals surface area contributed by atoms with Crippen molar-refractivity contribution in [3.63, 3.8) is 0 Å². The van der Waals surface area contributed by atoms with Crippen molar-refractivity contribution in [2.24, 2.45) is 5.73 Å². The van der Waals surface area contributed by atoms with Gasteiger partial charge in [0.1, 0.15) is 0 Å². The van der Waals surface area contributed by atoms with Crippen LogP contribution < -0.4 is 5.73 Å². The molecule has 0 saturated carbocycles. The van der Waals surface area contributed by atoms with E-state index in [4.69, 9.17) is 10.3 Å². The molecule has 2 rings (SSSR count). The van der Waals surface area contributed by atoms with Gasteiger partial charge in [0.05, 0.1) is 0 Å². The SMILES string of the molecule is CC(C)(N)CCc1nc(-c2ccccc2)no1. The van der Waals surface area contributed by atoms with Crippen molar-refractivity contribution in [1.82, 2.24) is 10.1 Å². The molecule has 0 aliphatic carbocycles. The summed E-state index contributed by atoms with van der Waals surface area (Å²) in [4.78, 5) is 4.35. The Labute approximate surface area is 101 Å². The maximum absolute atomic E-state index is 5.91. The van der Waals surface area contributed by atoms with Crippen molar-refractivity contribution in [3.05, 3.63) is 36.2 Å². The molecule has 0 bridgehead atoms. The highest BCUT2D eigenvalue weighted by atomic mass is 16.5. The first-order chi connectivity index (χ1) is 8.04. The van der Waals surface area contributed by atoms with E-state index in [2.05, 4.69) is 10.1 Å². The molecule has 2 N–H and O–H groups in total.